The molecule has 1 aromatic carbocycles. The van der Waals surface area contributed by atoms with Crippen molar-refractivity contribution in [1.82, 2.24) is 5.32 Å². The Bertz CT molecular complexity index is 347. The van der Waals surface area contributed by atoms with Crippen molar-refractivity contribution in [3.63, 3.8) is 0 Å². The van der Waals surface area contributed by atoms with Gasteiger partial charge in [-0.1, -0.05) is 0 Å². The van der Waals surface area contributed by atoms with E-state index in [-0.39, 0.29) is 0 Å². The Labute approximate surface area is 115 Å². The first-order valence-electron chi connectivity index (χ1n) is 7.06. The summed E-state index contributed by atoms with van der Waals surface area (Å²) in [7, 11) is 0. The normalized spacial score (nSPS) is 16.3. The molecule has 0 atom stereocenters. The Kier molecular flexibility index (Phi) is 5.98. The van der Waals surface area contributed by atoms with Gasteiger partial charge in [0.1, 0.15) is 24.2 Å². The van der Waals surface area contributed by atoms with Crippen LogP contribution in [0.15, 0.2) is 24.3 Å². The molecule has 2 rings (SSSR count). The molecule has 1 aromatic rings. The van der Waals surface area contributed by atoms with Crippen LogP contribution in [0.25, 0.3) is 0 Å². The molecule has 1 aliphatic rings. The fourth-order valence-corrected chi connectivity index (χ4v) is 2.08. The van der Waals surface area contributed by atoms with E-state index in [1.54, 1.807) is 0 Å². The lowest BCUT2D eigenvalue weighted by Gasteiger charge is -2.23. The molecule has 106 valence electrons. The van der Waals surface area contributed by atoms with Crippen molar-refractivity contribution in [2.45, 2.75) is 25.9 Å². The topological polar surface area (TPSA) is 39.7 Å². The van der Waals surface area contributed by atoms with Crippen molar-refractivity contribution < 1.29 is 14.2 Å². The highest BCUT2D eigenvalue weighted by Crippen LogP contribution is 2.20. The maximum atomic E-state index is 5.93. The molecule has 0 unspecified atom stereocenters. The van der Waals surface area contributed by atoms with Crippen LogP contribution in [0.4, 0.5) is 0 Å². The summed E-state index contributed by atoms with van der Waals surface area (Å²) in [5.41, 5.74) is 0. The molecular weight excluding hydrogens is 242 g/mol. The largest absolute Gasteiger partial charge is 0.491 e. The molecule has 4 heteroatoms. The Hall–Kier alpha value is -1.26. The fourth-order valence-electron chi connectivity index (χ4n) is 2.08. The van der Waals surface area contributed by atoms with E-state index in [1.807, 2.05) is 31.2 Å². The lowest BCUT2D eigenvalue weighted by Crippen LogP contribution is -2.34. The third-order valence-corrected chi connectivity index (χ3v) is 3.11. The predicted molar refractivity (Wildman–Crippen MR) is 74.9 cm³/mol. The van der Waals surface area contributed by atoms with E-state index in [4.69, 9.17) is 14.2 Å². The van der Waals surface area contributed by atoms with Gasteiger partial charge in [0, 0.05) is 6.61 Å². The summed E-state index contributed by atoms with van der Waals surface area (Å²) in [6.07, 6.45) is 2.49. The van der Waals surface area contributed by atoms with E-state index in [9.17, 15) is 0 Å². The summed E-state index contributed by atoms with van der Waals surface area (Å²) in [6, 6.07) is 7.83. The number of rotatable bonds is 7. The van der Waals surface area contributed by atoms with Gasteiger partial charge in [0.25, 0.3) is 0 Å². The van der Waals surface area contributed by atoms with E-state index in [0.29, 0.717) is 19.3 Å². The monoisotopic (exact) mass is 265 g/mol. The molecule has 0 amide bonds. The summed E-state index contributed by atoms with van der Waals surface area (Å²) in [4.78, 5) is 0. The lowest BCUT2D eigenvalue weighted by atomic mass is 10.1. The third-order valence-electron chi connectivity index (χ3n) is 3.11. The zero-order chi connectivity index (χ0) is 13.3. The number of ether oxygens (including phenoxy) is 3. The number of benzene rings is 1. The maximum Gasteiger partial charge on any atom is 0.119 e. The van der Waals surface area contributed by atoms with Crippen molar-refractivity contribution in [3.8, 4) is 11.5 Å². The van der Waals surface area contributed by atoms with Gasteiger partial charge in [0.05, 0.1) is 6.61 Å². The second-order valence-electron chi connectivity index (χ2n) is 4.58. The number of nitrogens with one attached hydrogen (secondary N) is 1. The summed E-state index contributed by atoms with van der Waals surface area (Å²) >= 11 is 0. The smallest absolute Gasteiger partial charge is 0.119 e. The van der Waals surface area contributed by atoms with Crippen LogP contribution in [0.1, 0.15) is 19.8 Å². The van der Waals surface area contributed by atoms with Crippen molar-refractivity contribution in [2.24, 2.45) is 0 Å². The molecule has 0 aliphatic carbocycles. The van der Waals surface area contributed by atoms with Crippen LogP contribution in [0.5, 0.6) is 11.5 Å². The first-order valence-corrected chi connectivity index (χ1v) is 7.06. The number of piperidine rings is 1. The van der Waals surface area contributed by atoms with Gasteiger partial charge in [-0.2, -0.15) is 0 Å². The second-order valence-corrected chi connectivity index (χ2v) is 4.58. The molecule has 1 fully saturated rings. The lowest BCUT2D eigenvalue weighted by molar-refractivity contribution is 0.110. The van der Waals surface area contributed by atoms with Crippen LogP contribution < -0.4 is 14.8 Å². The first kappa shape index (κ1) is 14.2. The van der Waals surface area contributed by atoms with Crippen molar-refractivity contribution >= 4 is 0 Å². The van der Waals surface area contributed by atoms with Gasteiger partial charge in [-0.05, 0) is 57.1 Å². The van der Waals surface area contributed by atoms with Crippen LogP contribution in [-0.4, -0.2) is 39.0 Å². The Balaban J connectivity index is 1.74. The van der Waals surface area contributed by atoms with Gasteiger partial charge in [-0.3, -0.25) is 0 Å². The number of hydrogen-bond donors (Lipinski definition) is 1. The van der Waals surface area contributed by atoms with E-state index >= 15 is 0 Å². The van der Waals surface area contributed by atoms with Crippen LogP contribution in [0.3, 0.4) is 0 Å². The summed E-state index contributed by atoms with van der Waals surface area (Å²) in [5.74, 6) is 1.78. The van der Waals surface area contributed by atoms with Crippen molar-refractivity contribution in [3.05, 3.63) is 24.3 Å². The first-order chi connectivity index (χ1) is 9.38. The van der Waals surface area contributed by atoms with Crippen LogP contribution in [0.2, 0.25) is 0 Å². The predicted octanol–water partition coefficient (Wildman–Crippen LogP) is 2.23. The van der Waals surface area contributed by atoms with E-state index in [1.165, 1.54) is 0 Å². The SMILES string of the molecule is CCOCCOc1ccc(OC2CCNCC2)cc1. The molecule has 0 aromatic heterocycles. The molecule has 0 saturated carbocycles. The zero-order valence-corrected chi connectivity index (χ0v) is 11.6. The van der Waals surface area contributed by atoms with Crippen LogP contribution in [-0.2, 0) is 4.74 Å². The molecule has 1 heterocycles. The molecular formula is C15H23NO3. The minimum Gasteiger partial charge on any atom is -0.491 e. The van der Waals surface area contributed by atoms with Gasteiger partial charge in [0.15, 0.2) is 0 Å². The fraction of sp³-hybridized carbons (Fsp3) is 0.600. The van der Waals surface area contributed by atoms with E-state index in [2.05, 4.69) is 5.32 Å². The minimum atomic E-state index is 0.339. The average Bonchev–Trinajstić information content (AvgIpc) is 2.46. The Morgan fingerprint density at radius 2 is 1.74 bits per heavy atom. The van der Waals surface area contributed by atoms with E-state index in [0.717, 1.165) is 44.0 Å². The van der Waals surface area contributed by atoms with Gasteiger partial charge in [-0.25, -0.2) is 0 Å². The van der Waals surface area contributed by atoms with Gasteiger partial charge >= 0.3 is 0 Å². The summed E-state index contributed by atoms with van der Waals surface area (Å²) in [6.45, 7) is 6.01. The third kappa shape index (κ3) is 5.09. The highest BCUT2D eigenvalue weighted by molar-refractivity contribution is 5.31. The highest BCUT2D eigenvalue weighted by atomic mass is 16.5. The second kappa shape index (κ2) is 8.02. The minimum absolute atomic E-state index is 0.339. The zero-order valence-electron chi connectivity index (χ0n) is 11.6. The number of hydrogen-bond acceptors (Lipinski definition) is 4. The Morgan fingerprint density at radius 1 is 1.05 bits per heavy atom. The molecule has 0 radical (unpaired) electrons. The highest BCUT2D eigenvalue weighted by Gasteiger charge is 2.14. The maximum absolute atomic E-state index is 5.93. The molecule has 19 heavy (non-hydrogen) atoms. The van der Waals surface area contributed by atoms with Crippen molar-refractivity contribution in [2.75, 3.05) is 32.9 Å². The molecule has 1 N–H and O–H groups in total. The average molecular weight is 265 g/mol. The molecule has 4 nitrogen and oxygen atoms in total. The van der Waals surface area contributed by atoms with Gasteiger partial charge < -0.3 is 19.5 Å². The summed E-state index contributed by atoms with van der Waals surface area (Å²) in [5, 5.41) is 3.33. The molecule has 0 spiro atoms. The standard InChI is InChI=1S/C15H23NO3/c1-2-17-11-12-18-13-3-5-14(6-4-13)19-15-7-9-16-10-8-15/h3-6,15-16H,2,7-12H2,1H3. The van der Waals surface area contributed by atoms with Crippen molar-refractivity contribution in [1.29, 1.82) is 0 Å². The van der Waals surface area contributed by atoms with Crippen LogP contribution >= 0.6 is 0 Å². The Morgan fingerprint density at radius 3 is 2.42 bits per heavy atom. The molecule has 1 saturated heterocycles. The van der Waals surface area contributed by atoms with Gasteiger partial charge in [0.2, 0.25) is 0 Å². The van der Waals surface area contributed by atoms with Crippen LogP contribution in [0, 0.1) is 0 Å². The van der Waals surface area contributed by atoms with E-state index < -0.39 is 0 Å². The summed E-state index contributed by atoms with van der Waals surface area (Å²) < 4.78 is 16.7. The molecule has 1 aliphatic heterocycles. The molecule has 0 bridgehead atoms. The van der Waals surface area contributed by atoms with Gasteiger partial charge in [-0.15, -0.1) is 0 Å². The quantitative estimate of drug-likeness (QED) is 0.767.